The summed E-state index contributed by atoms with van der Waals surface area (Å²) < 4.78 is 0.985. The third kappa shape index (κ3) is 7.38. The van der Waals surface area contributed by atoms with Gasteiger partial charge in [0.15, 0.2) is 0 Å². The minimum absolute atomic E-state index is 0.0942. The number of amides is 3. The van der Waals surface area contributed by atoms with Crippen LogP contribution < -0.4 is 21.3 Å². The van der Waals surface area contributed by atoms with Gasteiger partial charge in [0, 0.05) is 43.8 Å². The summed E-state index contributed by atoms with van der Waals surface area (Å²) in [6.07, 6.45) is 4.35. The number of likely N-dealkylation sites (tertiary alicyclic amines) is 1. The standard InChI is InChI=1S/C23H23BrCl3N7O2S/c24-15-12-30-22(31-13-5-3-6-14(11-13)32-23(36)34-9-1-2-10-34)33-20(15)28-7-4-8-29-21(35)18-16(25)17(26)19(27)37-18/h3,5-6,11-12H,1-2,4,7-10H2,(H,29,35)(H,32,36)(H2,28,30,31,33). The van der Waals surface area contributed by atoms with Gasteiger partial charge in [0.1, 0.15) is 15.0 Å². The van der Waals surface area contributed by atoms with Crippen molar-refractivity contribution < 1.29 is 9.59 Å². The highest BCUT2D eigenvalue weighted by molar-refractivity contribution is 9.10. The van der Waals surface area contributed by atoms with Crippen molar-refractivity contribution in [3.8, 4) is 0 Å². The Morgan fingerprint density at radius 3 is 2.57 bits per heavy atom. The van der Waals surface area contributed by atoms with E-state index in [0.29, 0.717) is 46.3 Å². The quantitative estimate of drug-likeness (QED) is 0.189. The van der Waals surface area contributed by atoms with Crippen LogP contribution in [0.4, 0.5) is 27.9 Å². The van der Waals surface area contributed by atoms with E-state index in [1.807, 2.05) is 29.2 Å². The van der Waals surface area contributed by atoms with Crippen LogP contribution in [0.5, 0.6) is 0 Å². The summed E-state index contributed by atoms with van der Waals surface area (Å²) in [7, 11) is 0. The van der Waals surface area contributed by atoms with Crippen LogP contribution in [0, 0.1) is 0 Å². The molecule has 4 N–H and O–H groups in total. The van der Waals surface area contributed by atoms with Crippen molar-refractivity contribution in [2.45, 2.75) is 19.3 Å². The highest BCUT2D eigenvalue weighted by atomic mass is 79.9. The van der Waals surface area contributed by atoms with E-state index in [1.54, 1.807) is 6.20 Å². The monoisotopic (exact) mass is 645 g/mol. The number of carbonyl (C=O) groups excluding carboxylic acids is 2. The molecule has 3 aromatic rings. The maximum atomic E-state index is 12.4. The van der Waals surface area contributed by atoms with Crippen LogP contribution in [-0.2, 0) is 0 Å². The van der Waals surface area contributed by atoms with E-state index in [9.17, 15) is 9.59 Å². The molecule has 9 nitrogen and oxygen atoms in total. The van der Waals surface area contributed by atoms with Crippen molar-refractivity contribution in [2.24, 2.45) is 0 Å². The van der Waals surface area contributed by atoms with Gasteiger partial charge < -0.3 is 26.2 Å². The average molecular weight is 648 g/mol. The number of benzene rings is 1. The number of nitrogens with one attached hydrogen (secondary N) is 4. The molecule has 3 heterocycles. The summed E-state index contributed by atoms with van der Waals surface area (Å²) in [5.41, 5.74) is 1.43. The van der Waals surface area contributed by atoms with E-state index in [4.69, 9.17) is 34.8 Å². The predicted molar refractivity (Wildman–Crippen MR) is 154 cm³/mol. The van der Waals surface area contributed by atoms with Crippen molar-refractivity contribution in [3.05, 3.63) is 54.2 Å². The Morgan fingerprint density at radius 2 is 1.84 bits per heavy atom. The number of nitrogens with zero attached hydrogens (tertiary/aromatic N) is 3. The zero-order valence-electron chi connectivity index (χ0n) is 19.4. The van der Waals surface area contributed by atoms with Gasteiger partial charge in [-0.1, -0.05) is 40.9 Å². The molecule has 0 unspecified atom stereocenters. The zero-order chi connectivity index (χ0) is 26.4. The number of halogens is 4. The van der Waals surface area contributed by atoms with E-state index in [1.165, 1.54) is 0 Å². The molecule has 0 radical (unpaired) electrons. The fourth-order valence-electron chi connectivity index (χ4n) is 3.57. The van der Waals surface area contributed by atoms with Gasteiger partial charge in [0.05, 0.1) is 14.5 Å². The number of carbonyl (C=O) groups is 2. The van der Waals surface area contributed by atoms with Gasteiger partial charge in [-0.05, 0) is 53.4 Å². The molecule has 2 aromatic heterocycles. The van der Waals surface area contributed by atoms with Gasteiger partial charge in [0.2, 0.25) is 5.95 Å². The summed E-state index contributed by atoms with van der Waals surface area (Å²) in [6.45, 7) is 2.53. The van der Waals surface area contributed by atoms with Crippen LogP contribution in [0.1, 0.15) is 28.9 Å². The second kappa shape index (κ2) is 13.0. The van der Waals surface area contributed by atoms with Gasteiger partial charge >= 0.3 is 6.03 Å². The van der Waals surface area contributed by atoms with Gasteiger partial charge in [-0.15, -0.1) is 11.3 Å². The number of thiophene rings is 1. The zero-order valence-corrected chi connectivity index (χ0v) is 24.1. The Labute approximate surface area is 241 Å². The first kappa shape index (κ1) is 27.7. The third-order valence-electron chi connectivity index (χ3n) is 5.40. The molecule has 0 spiro atoms. The van der Waals surface area contributed by atoms with E-state index in [-0.39, 0.29) is 26.3 Å². The lowest BCUT2D eigenvalue weighted by molar-refractivity contribution is 0.0957. The van der Waals surface area contributed by atoms with Crippen molar-refractivity contribution in [1.82, 2.24) is 20.2 Å². The van der Waals surface area contributed by atoms with Crippen LogP contribution in [0.15, 0.2) is 34.9 Å². The second-order valence-electron chi connectivity index (χ2n) is 8.09. The highest BCUT2D eigenvalue weighted by Gasteiger charge is 2.20. The molecule has 0 atom stereocenters. The summed E-state index contributed by atoms with van der Waals surface area (Å²) in [5.74, 6) is 0.669. The highest BCUT2D eigenvalue weighted by Crippen LogP contribution is 2.40. The molecule has 4 rings (SSSR count). The minimum atomic E-state index is -0.322. The molecule has 1 aliphatic heterocycles. The van der Waals surface area contributed by atoms with E-state index < -0.39 is 0 Å². The van der Waals surface area contributed by atoms with Crippen molar-refractivity contribution in [2.75, 3.05) is 42.1 Å². The molecule has 0 aliphatic carbocycles. The van der Waals surface area contributed by atoms with Crippen LogP contribution >= 0.6 is 62.1 Å². The van der Waals surface area contributed by atoms with E-state index in [0.717, 1.165) is 43.0 Å². The molecule has 196 valence electrons. The number of urea groups is 1. The number of hydrogen-bond donors (Lipinski definition) is 4. The summed E-state index contributed by atoms with van der Waals surface area (Å²) >= 11 is 22.4. The van der Waals surface area contributed by atoms with Gasteiger partial charge in [0.25, 0.3) is 5.91 Å². The van der Waals surface area contributed by atoms with Crippen molar-refractivity contribution >= 4 is 97.1 Å². The molecule has 1 saturated heterocycles. The number of hydrogen-bond acceptors (Lipinski definition) is 7. The van der Waals surface area contributed by atoms with Crippen LogP contribution in [-0.4, -0.2) is 53.0 Å². The lowest BCUT2D eigenvalue weighted by Crippen LogP contribution is -2.32. The maximum Gasteiger partial charge on any atom is 0.321 e. The Hall–Kier alpha value is -2.31. The first-order valence-electron chi connectivity index (χ1n) is 11.4. The molecule has 3 amide bonds. The molecule has 1 aromatic carbocycles. The summed E-state index contributed by atoms with van der Waals surface area (Å²) in [6, 6.07) is 7.29. The molecule has 14 heteroatoms. The van der Waals surface area contributed by atoms with Gasteiger partial charge in [-0.2, -0.15) is 4.98 Å². The fraction of sp³-hybridized carbons (Fsp3) is 0.304. The largest absolute Gasteiger partial charge is 0.369 e. The Balaban J connectivity index is 1.27. The number of rotatable bonds is 9. The normalized spacial score (nSPS) is 12.9. The smallest absolute Gasteiger partial charge is 0.321 e. The van der Waals surface area contributed by atoms with Gasteiger partial charge in [-0.25, -0.2) is 9.78 Å². The molecule has 37 heavy (non-hydrogen) atoms. The third-order valence-corrected chi connectivity index (χ3v) is 8.55. The molecule has 1 aliphatic rings. The first-order chi connectivity index (χ1) is 17.8. The van der Waals surface area contributed by atoms with Crippen LogP contribution in [0.2, 0.25) is 14.4 Å². The topological polar surface area (TPSA) is 111 Å². The lowest BCUT2D eigenvalue weighted by Gasteiger charge is -2.16. The molecule has 0 saturated carbocycles. The summed E-state index contributed by atoms with van der Waals surface area (Å²) in [4.78, 5) is 35.6. The predicted octanol–water partition coefficient (Wildman–Crippen LogP) is 6.86. The lowest BCUT2D eigenvalue weighted by atomic mass is 10.3. The van der Waals surface area contributed by atoms with Crippen LogP contribution in [0.3, 0.4) is 0 Å². The summed E-state index contributed by atoms with van der Waals surface area (Å²) in [5, 5.41) is 12.5. The number of anilines is 4. The Kier molecular flexibility index (Phi) is 9.71. The van der Waals surface area contributed by atoms with Crippen LogP contribution in [0.25, 0.3) is 0 Å². The maximum absolute atomic E-state index is 12.4. The van der Waals surface area contributed by atoms with Crippen molar-refractivity contribution in [3.63, 3.8) is 0 Å². The number of aromatic nitrogens is 2. The van der Waals surface area contributed by atoms with Gasteiger partial charge in [-0.3, -0.25) is 4.79 Å². The van der Waals surface area contributed by atoms with Crippen molar-refractivity contribution in [1.29, 1.82) is 0 Å². The molecule has 0 bridgehead atoms. The Morgan fingerprint density at radius 1 is 1.08 bits per heavy atom. The minimum Gasteiger partial charge on any atom is -0.369 e. The first-order valence-corrected chi connectivity index (χ1v) is 14.2. The Bertz CT molecular complexity index is 1290. The molecular formula is C23H23BrCl3N7O2S. The molecule has 1 fully saturated rings. The fourth-order valence-corrected chi connectivity index (χ4v) is 5.62. The SMILES string of the molecule is O=C(NCCCNc1nc(Nc2cccc(NC(=O)N3CCCC3)c2)ncc1Br)c1sc(Cl)c(Cl)c1Cl. The average Bonchev–Trinajstić information content (AvgIpc) is 3.51. The molecular weight excluding hydrogens is 625 g/mol. The van der Waals surface area contributed by atoms with E-state index >= 15 is 0 Å². The van der Waals surface area contributed by atoms with E-state index in [2.05, 4.69) is 47.2 Å². The second-order valence-corrected chi connectivity index (χ2v) is 11.3.